The zero-order chi connectivity index (χ0) is 20.0. The van der Waals surface area contributed by atoms with Crippen molar-refractivity contribution in [2.75, 3.05) is 26.2 Å². The van der Waals surface area contributed by atoms with Gasteiger partial charge in [0.2, 0.25) is 5.91 Å². The molecule has 2 unspecified atom stereocenters. The van der Waals surface area contributed by atoms with E-state index in [1.165, 1.54) is 11.3 Å². The Bertz CT molecular complexity index is 1120. The van der Waals surface area contributed by atoms with Gasteiger partial charge in [-0.3, -0.25) is 18.9 Å². The van der Waals surface area contributed by atoms with Gasteiger partial charge in [0.05, 0.1) is 5.69 Å². The summed E-state index contributed by atoms with van der Waals surface area (Å²) in [5.41, 5.74) is 1.84. The first-order valence-electron chi connectivity index (χ1n) is 9.81. The molecule has 2 aromatic heterocycles. The first kappa shape index (κ1) is 18.8. The SMILES string of the molecule is O=C(C1CC1c1ccccc1Cl)N1CCN(Cc2cc(=O)n3ccsc3n2)CC1. The summed E-state index contributed by atoms with van der Waals surface area (Å²) in [4.78, 5) is 34.6. The van der Waals surface area contributed by atoms with Gasteiger partial charge >= 0.3 is 0 Å². The molecule has 1 amide bonds. The molecule has 0 spiro atoms. The van der Waals surface area contributed by atoms with Crippen LogP contribution in [0, 0.1) is 5.92 Å². The number of hydrogen-bond donors (Lipinski definition) is 0. The quantitative estimate of drug-likeness (QED) is 0.641. The molecule has 3 heterocycles. The smallest absolute Gasteiger partial charge is 0.258 e. The topological polar surface area (TPSA) is 57.9 Å². The molecule has 6 nitrogen and oxygen atoms in total. The van der Waals surface area contributed by atoms with Crippen LogP contribution in [0.25, 0.3) is 4.96 Å². The fourth-order valence-electron chi connectivity index (χ4n) is 4.15. The van der Waals surface area contributed by atoms with Gasteiger partial charge in [0, 0.05) is 61.3 Å². The minimum absolute atomic E-state index is 0.0422. The van der Waals surface area contributed by atoms with Crippen molar-refractivity contribution in [2.45, 2.75) is 18.9 Å². The summed E-state index contributed by atoms with van der Waals surface area (Å²) in [5.74, 6) is 0.555. The summed E-state index contributed by atoms with van der Waals surface area (Å²) in [5, 5.41) is 2.62. The molecule has 0 bridgehead atoms. The Balaban J connectivity index is 1.18. The van der Waals surface area contributed by atoms with E-state index < -0.39 is 0 Å². The van der Waals surface area contributed by atoms with Gasteiger partial charge in [0.15, 0.2) is 4.96 Å². The average Bonchev–Trinajstić information content (AvgIpc) is 3.36. The van der Waals surface area contributed by atoms with Crippen molar-refractivity contribution in [3.8, 4) is 0 Å². The molecule has 2 aliphatic rings. The Kier molecular flexibility index (Phi) is 4.89. The number of thiazole rings is 1. The number of fused-ring (bicyclic) bond motifs is 1. The molecule has 3 aromatic rings. The van der Waals surface area contributed by atoms with E-state index in [0.29, 0.717) is 19.6 Å². The molecule has 0 radical (unpaired) electrons. The third kappa shape index (κ3) is 3.70. The minimum Gasteiger partial charge on any atom is -0.340 e. The number of hydrogen-bond acceptors (Lipinski definition) is 5. The molecule has 2 fully saturated rings. The fourth-order valence-corrected chi connectivity index (χ4v) is 5.16. The van der Waals surface area contributed by atoms with Gasteiger partial charge in [-0.05, 0) is 24.0 Å². The lowest BCUT2D eigenvalue weighted by Gasteiger charge is -2.34. The zero-order valence-electron chi connectivity index (χ0n) is 15.8. The molecule has 8 heteroatoms. The lowest BCUT2D eigenvalue weighted by molar-refractivity contribution is -0.134. The van der Waals surface area contributed by atoms with E-state index in [1.807, 2.05) is 34.5 Å². The summed E-state index contributed by atoms with van der Waals surface area (Å²) in [7, 11) is 0. The van der Waals surface area contributed by atoms with Crippen LogP contribution in [0.3, 0.4) is 0 Å². The van der Waals surface area contributed by atoms with Crippen LogP contribution in [0.5, 0.6) is 0 Å². The average molecular weight is 429 g/mol. The van der Waals surface area contributed by atoms with Gasteiger partial charge in [0.1, 0.15) is 0 Å². The highest BCUT2D eigenvalue weighted by Gasteiger charge is 2.46. The van der Waals surface area contributed by atoms with Crippen LogP contribution in [0.1, 0.15) is 23.6 Å². The van der Waals surface area contributed by atoms with Crippen molar-refractivity contribution in [2.24, 2.45) is 5.92 Å². The predicted molar refractivity (Wildman–Crippen MR) is 113 cm³/mol. The third-order valence-electron chi connectivity index (χ3n) is 5.84. The summed E-state index contributed by atoms with van der Waals surface area (Å²) >= 11 is 7.75. The molecular formula is C21H21ClN4O2S. The van der Waals surface area contributed by atoms with Gasteiger partial charge in [-0.25, -0.2) is 4.98 Å². The van der Waals surface area contributed by atoms with Crippen molar-refractivity contribution < 1.29 is 4.79 Å². The first-order valence-corrected chi connectivity index (χ1v) is 11.1. The van der Waals surface area contributed by atoms with E-state index in [-0.39, 0.29) is 23.3 Å². The second-order valence-corrected chi connectivity index (χ2v) is 8.99. The number of rotatable bonds is 4. The monoisotopic (exact) mass is 428 g/mol. The van der Waals surface area contributed by atoms with Crippen LogP contribution in [0.4, 0.5) is 0 Å². The second kappa shape index (κ2) is 7.55. The highest BCUT2D eigenvalue weighted by atomic mass is 35.5. The van der Waals surface area contributed by atoms with Gasteiger partial charge in [-0.15, -0.1) is 11.3 Å². The van der Waals surface area contributed by atoms with E-state index >= 15 is 0 Å². The Morgan fingerprint density at radius 2 is 2.00 bits per heavy atom. The summed E-state index contributed by atoms with van der Waals surface area (Å²) in [6.45, 7) is 3.65. The van der Waals surface area contributed by atoms with E-state index in [1.54, 1.807) is 16.7 Å². The Morgan fingerprint density at radius 3 is 2.79 bits per heavy atom. The van der Waals surface area contributed by atoms with Crippen molar-refractivity contribution in [1.29, 1.82) is 0 Å². The van der Waals surface area contributed by atoms with E-state index in [0.717, 1.165) is 40.8 Å². The van der Waals surface area contributed by atoms with Crippen molar-refractivity contribution in [3.05, 3.63) is 68.5 Å². The number of aromatic nitrogens is 2. The summed E-state index contributed by atoms with van der Waals surface area (Å²) in [6, 6.07) is 9.42. The van der Waals surface area contributed by atoms with Crippen LogP contribution >= 0.6 is 22.9 Å². The molecule has 2 atom stereocenters. The molecular weight excluding hydrogens is 408 g/mol. The third-order valence-corrected chi connectivity index (χ3v) is 6.94. The van der Waals surface area contributed by atoms with Crippen molar-refractivity contribution >= 4 is 33.8 Å². The fraction of sp³-hybridized carbons (Fsp3) is 0.381. The van der Waals surface area contributed by atoms with Crippen LogP contribution in [-0.4, -0.2) is 51.3 Å². The maximum atomic E-state index is 12.9. The summed E-state index contributed by atoms with van der Waals surface area (Å²) < 4.78 is 1.57. The normalized spacial score (nSPS) is 22.2. The standard InChI is InChI=1S/C21H21ClN4O2S/c22-18-4-2-1-3-15(18)16-12-17(16)20(28)25-7-5-24(6-8-25)13-14-11-19(27)26-9-10-29-21(26)23-14/h1-4,9-11,16-17H,5-8,12-13H2. The lowest BCUT2D eigenvalue weighted by Crippen LogP contribution is -2.49. The number of carbonyl (C=O) groups excluding carboxylic acids is 1. The van der Waals surface area contributed by atoms with Gasteiger partial charge in [-0.2, -0.15) is 0 Å². The molecule has 1 aliphatic heterocycles. The van der Waals surface area contributed by atoms with Crippen LogP contribution in [-0.2, 0) is 11.3 Å². The molecule has 1 saturated heterocycles. The van der Waals surface area contributed by atoms with Crippen LogP contribution < -0.4 is 5.56 Å². The molecule has 1 aromatic carbocycles. The number of piperazine rings is 1. The van der Waals surface area contributed by atoms with E-state index in [9.17, 15) is 9.59 Å². The highest BCUT2D eigenvalue weighted by molar-refractivity contribution is 7.15. The molecule has 1 aliphatic carbocycles. The Labute approximate surface area is 177 Å². The Hall–Kier alpha value is -2.22. The number of nitrogens with zero attached hydrogens (tertiary/aromatic N) is 4. The number of halogens is 1. The van der Waals surface area contributed by atoms with Gasteiger partial charge in [-0.1, -0.05) is 29.8 Å². The minimum atomic E-state index is -0.0422. The van der Waals surface area contributed by atoms with Gasteiger partial charge in [0.25, 0.3) is 5.56 Å². The molecule has 150 valence electrons. The number of amides is 1. The predicted octanol–water partition coefficient (Wildman–Crippen LogP) is 2.86. The molecule has 0 N–H and O–H groups in total. The second-order valence-electron chi connectivity index (χ2n) is 7.71. The summed E-state index contributed by atoms with van der Waals surface area (Å²) in [6.07, 6.45) is 2.63. The largest absolute Gasteiger partial charge is 0.340 e. The maximum absolute atomic E-state index is 12.9. The Morgan fingerprint density at radius 1 is 1.21 bits per heavy atom. The van der Waals surface area contributed by atoms with Crippen LogP contribution in [0.2, 0.25) is 5.02 Å². The lowest BCUT2D eigenvalue weighted by atomic mass is 10.1. The van der Waals surface area contributed by atoms with Crippen molar-refractivity contribution in [1.82, 2.24) is 19.2 Å². The highest BCUT2D eigenvalue weighted by Crippen LogP contribution is 2.50. The molecule has 5 rings (SSSR count). The number of carbonyl (C=O) groups is 1. The van der Waals surface area contributed by atoms with Gasteiger partial charge < -0.3 is 4.90 Å². The van der Waals surface area contributed by atoms with E-state index in [2.05, 4.69) is 9.88 Å². The molecule has 1 saturated carbocycles. The van der Waals surface area contributed by atoms with Crippen LogP contribution in [0.15, 0.2) is 46.7 Å². The first-order chi connectivity index (χ1) is 14.1. The van der Waals surface area contributed by atoms with E-state index in [4.69, 9.17) is 11.6 Å². The van der Waals surface area contributed by atoms with Crippen molar-refractivity contribution in [3.63, 3.8) is 0 Å². The molecule has 29 heavy (non-hydrogen) atoms. The maximum Gasteiger partial charge on any atom is 0.258 e. The zero-order valence-corrected chi connectivity index (χ0v) is 17.4. The number of benzene rings is 1.